The minimum absolute atomic E-state index is 0.141. The lowest BCUT2D eigenvalue weighted by atomic mass is 9.82. The minimum atomic E-state index is -0.838. The average Bonchev–Trinajstić information content (AvgIpc) is 2.46. The molecule has 0 spiro atoms. The Balaban J connectivity index is 2.07. The van der Waals surface area contributed by atoms with Gasteiger partial charge in [-0.25, -0.2) is 0 Å². The van der Waals surface area contributed by atoms with Gasteiger partial charge in [-0.3, -0.25) is 9.59 Å². The minimum Gasteiger partial charge on any atom is -0.481 e. The molecule has 2 rings (SSSR count). The number of likely N-dealkylation sites (tertiary alicyclic amines) is 1. The maximum absolute atomic E-state index is 12.2. The molecule has 1 aromatic carbocycles. The zero-order valence-electron chi connectivity index (χ0n) is 11.9. The fourth-order valence-corrected chi connectivity index (χ4v) is 2.90. The maximum Gasteiger partial charge on any atom is 0.311 e. The molecule has 0 saturated carbocycles. The van der Waals surface area contributed by atoms with Crippen molar-refractivity contribution in [1.29, 1.82) is 0 Å². The van der Waals surface area contributed by atoms with Crippen LogP contribution in [0.5, 0.6) is 0 Å². The van der Waals surface area contributed by atoms with E-state index in [-0.39, 0.29) is 12.5 Å². The molecule has 21 heavy (non-hydrogen) atoms. The Bertz CT molecular complexity index is 585. The summed E-state index contributed by atoms with van der Waals surface area (Å²) < 4.78 is 0.920. The van der Waals surface area contributed by atoms with E-state index in [1.165, 1.54) is 6.08 Å². The molecular weight excluding hydrogens is 334 g/mol. The molecule has 1 aromatic rings. The molecule has 1 aliphatic heterocycles. The molecule has 0 radical (unpaired) electrons. The topological polar surface area (TPSA) is 57.6 Å². The number of carbonyl (C=O) groups is 2. The lowest BCUT2D eigenvalue weighted by Crippen LogP contribution is -2.47. The quantitative estimate of drug-likeness (QED) is 0.850. The van der Waals surface area contributed by atoms with Gasteiger partial charge in [0.2, 0.25) is 5.91 Å². The van der Waals surface area contributed by atoms with Crippen molar-refractivity contribution in [2.75, 3.05) is 13.1 Å². The van der Waals surface area contributed by atoms with E-state index in [4.69, 9.17) is 0 Å². The zero-order valence-corrected chi connectivity index (χ0v) is 13.5. The Labute approximate surface area is 132 Å². The summed E-state index contributed by atoms with van der Waals surface area (Å²) in [6.07, 6.45) is 4.59. The lowest BCUT2D eigenvalue weighted by Gasteiger charge is -2.37. The molecule has 4 nitrogen and oxygen atoms in total. The van der Waals surface area contributed by atoms with Crippen molar-refractivity contribution >= 4 is 33.9 Å². The van der Waals surface area contributed by atoms with Crippen LogP contribution < -0.4 is 0 Å². The number of nitrogens with zero attached hydrogens (tertiary/aromatic N) is 1. The number of benzene rings is 1. The zero-order chi connectivity index (χ0) is 15.5. The molecule has 112 valence electrons. The Morgan fingerprint density at radius 2 is 2.10 bits per heavy atom. The van der Waals surface area contributed by atoms with Gasteiger partial charge in [0.05, 0.1) is 5.41 Å². The van der Waals surface area contributed by atoms with Gasteiger partial charge in [0.25, 0.3) is 0 Å². The van der Waals surface area contributed by atoms with Crippen LogP contribution in [-0.2, 0) is 9.59 Å². The van der Waals surface area contributed by atoms with Gasteiger partial charge in [-0.2, -0.15) is 0 Å². The fourth-order valence-electron chi connectivity index (χ4n) is 2.48. The molecule has 1 aliphatic rings. The number of aliphatic carboxylic acids is 1. The van der Waals surface area contributed by atoms with E-state index < -0.39 is 11.4 Å². The summed E-state index contributed by atoms with van der Waals surface area (Å²) >= 11 is 3.43. The number of amides is 1. The Morgan fingerprint density at radius 1 is 1.38 bits per heavy atom. The number of rotatable bonds is 3. The van der Waals surface area contributed by atoms with Crippen LogP contribution in [0.25, 0.3) is 6.08 Å². The van der Waals surface area contributed by atoms with Gasteiger partial charge in [-0.1, -0.05) is 34.1 Å². The third kappa shape index (κ3) is 3.73. The largest absolute Gasteiger partial charge is 0.481 e. The van der Waals surface area contributed by atoms with Crippen LogP contribution in [0.1, 0.15) is 25.3 Å². The molecule has 1 heterocycles. The normalized spacial score (nSPS) is 22.5. The first-order valence-electron chi connectivity index (χ1n) is 6.87. The van der Waals surface area contributed by atoms with Gasteiger partial charge < -0.3 is 10.0 Å². The Morgan fingerprint density at radius 3 is 2.76 bits per heavy atom. The first-order valence-corrected chi connectivity index (χ1v) is 7.67. The summed E-state index contributed by atoms with van der Waals surface area (Å²) in [5.74, 6) is -0.979. The van der Waals surface area contributed by atoms with Gasteiger partial charge >= 0.3 is 5.97 Å². The molecule has 1 unspecified atom stereocenters. The van der Waals surface area contributed by atoms with E-state index in [9.17, 15) is 14.7 Å². The van der Waals surface area contributed by atoms with Crippen molar-refractivity contribution in [3.63, 3.8) is 0 Å². The Hall–Kier alpha value is -1.62. The van der Waals surface area contributed by atoms with E-state index in [1.54, 1.807) is 17.9 Å². The fraction of sp³-hybridized carbons (Fsp3) is 0.375. The van der Waals surface area contributed by atoms with Gasteiger partial charge in [0.15, 0.2) is 0 Å². The van der Waals surface area contributed by atoms with E-state index in [0.29, 0.717) is 13.0 Å². The summed E-state index contributed by atoms with van der Waals surface area (Å²) in [5.41, 5.74) is 0.0820. The molecule has 1 amide bonds. The number of carboxylic acids is 1. The van der Waals surface area contributed by atoms with Gasteiger partial charge in [-0.05, 0) is 37.5 Å². The van der Waals surface area contributed by atoms with Crippen LogP contribution in [0, 0.1) is 5.41 Å². The van der Waals surface area contributed by atoms with Crippen LogP contribution in [0.2, 0.25) is 0 Å². The second kappa shape index (κ2) is 6.43. The predicted molar refractivity (Wildman–Crippen MR) is 84.7 cm³/mol. The summed E-state index contributed by atoms with van der Waals surface area (Å²) in [6, 6.07) is 7.63. The van der Waals surface area contributed by atoms with Crippen LogP contribution >= 0.6 is 15.9 Å². The molecule has 1 saturated heterocycles. The standard InChI is InChI=1S/C16H18BrNO3/c1-16(15(20)21)9-4-10-18(11-16)14(19)8-7-12-5-2-3-6-13(12)17/h2-3,5-8H,4,9-11H2,1H3,(H,20,21). The van der Waals surface area contributed by atoms with Crippen molar-refractivity contribution < 1.29 is 14.7 Å². The van der Waals surface area contributed by atoms with Crippen molar-refractivity contribution in [1.82, 2.24) is 4.90 Å². The van der Waals surface area contributed by atoms with Gasteiger partial charge in [0, 0.05) is 23.6 Å². The molecule has 0 bridgehead atoms. The second-order valence-corrected chi connectivity index (χ2v) is 6.44. The highest BCUT2D eigenvalue weighted by Gasteiger charge is 2.38. The predicted octanol–water partition coefficient (Wildman–Crippen LogP) is 3.18. The molecule has 1 atom stereocenters. The van der Waals surface area contributed by atoms with Crippen molar-refractivity contribution in [3.05, 3.63) is 40.4 Å². The molecule has 0 aliphatic carbocycles. The smallest absolute Gasteiger partial charge is 0.311 e. The van der Waals surface area contributed by atoms with Crippen molar-refractivity contribution in [2.24, 2.45) is 5.41 Å². The first-order chi connectivity index (χ1) is 9.92. The highest BCUT2D eigenvalue weighted by atomic mass is 79.9. The van der Waals surface area contributed by atoms with E-state index in [2.05, 4.69) is 15.9 Å². The SMILES string of the molecule is CC1(C(=O)O)CCCN(C(=O)C=Cc2ccccc2Br)C1. The summed E-state index contributed by atoms with van der Waals surface area (Å²) in [7, 11) is 0. The van der Waals surface area contributed by atoms with E-state index in [0.717, 1.165) is 16.5 Å². The number of carbonyl (C=O) groups excluding carboxylic acids is 1. The van der Waals surface area contributed by atoms with Gasteiger partial charge in [0.1, 0.15) is 0 Å². The third-order valence-corrected chi connectivity index (χ3v) is 4.56. The maximum atomic E-state index is 12.2. The first kappa shape index (κ1) is 15.8. The molecule has 0 aromatic heterocycles. The molecule has 5 heteroatoms. The number of hydrogen-bond acceptors (Lipinski definition) is 2. The summed E-state index contributed by atoms with van der Waals surface area (Å²) in [6.45, 7) is 2.58. The molecule has 1 N–H and O–H groups in total. The second-order valence-electron chi connectivity index (χ2n) is 5.58. The number of halogens is 1. The highest BCUT2D eigenvalue weighted by molar-refractivity contribution is 9.10. The molecular formula is C16H18BrNO3. The van der Waals surface area contributed by atoms with Crippen LogP contribution in [-0.4, -0.2) is 35.0 Å². The Kier molecular flexibility index (Phi) is 4.83. The average molecular weight is 352 g/mol. The number of carboxylic acid groups (broad SMARTS) is 1. The summed E-state index contributed by atoms with van der Waals surface area (Å²) in [4.78, 5) is 25.1. The van der Waals surface area contributed by atoms with Crippen LogP contribution in [0.4, 0.5) is 0 Å². The van der Waals surface area contributed by atoms with Crippen molar-refractivity contribution in [3.8, 4) is 0 Å². The molecule has 1 fully saturated rings. The number of hydrogen-bond donors (Lipinski definition) is 1. The summed E-state index contributed by atoms with van der Waals surface area (Å²) in [5, 5.41) is 9.28. The monoisotopic (exact) mass is 351 g/mol. The van der Waals surface area contributed by atoms with Gasteiger partial charge in [-0.15, -0.1) is 0 Å². The number of piperidine rings is 1. The third-order valence-electron chi connectivity index (χ3n) is 3.84. The van der Waals surface area contributed by atoms with E-state index >= 15 is 0 Å². The van der Waals surface area contributed by atoms with Crippen molar-refractivity contribution in [2.45, 2.75) is 19.8 Å². The van der Waals surface area contributed by atoms with Crippen LogP contribution in [0.3, 0.4) is 0 Å². The van der Waals surface area contributed by atoms with E-state index in [1.807, 2.05) is 24.3 Å². The lowest BCUT2D eigenvalue weighted by molar-refractivity contribution is -0.152. The van der Waals surface area contributed by atoms with Crippen LogP contribution in [0.15, 0.2) is 34.8 Å². The highest BCUT2D eigenvalue weighted by Crippen LogP contribution is 2.29.